The zero-order valence-corrected chi connectivity index (χ0v) is 13.8. The van der Waals surface area contributed by atoms with Crippen LogP contribution in [0.15, 0.2) is 42.5 Å². The Hall–Kier alpha value is -2.69. The lowest BCUT2D eigenvalue weighted by Gasteiger charge is -2.23. The van der Waals surface area contributed by atoms with Crippen molar-refractivity contribution in [2.24, 2.45) is 0 Å². The van der Waals surface area contributed by atoms with Crippen molar-refractivity contribution in [3.05, 3.63) is 48.0 Å². The molecular weight excluding hydrogens is 290 g/mol. The normalized spacial score (nSPS) is 10.2. The third-order valence-corrected chi connectivity index (χ3v) is 3.58. The maximum atomic E-state index is 12.4. The summed E-state index contributed by atoms with van der Waals surface area (Å²) in [7, 11) is 1.55. The second-order valence-electron chi connectivity index (χ2n) is 5.36. The van der Waals surface area contributed by atoms with Crippen LogP contribution >= 0.6 is 0 Å². The third-order valence-electron chi connectivity index (χ3n) is 3.58. The number of nitrogens with zero attached hydrogens (tertiary/aromatic N) is 1. The van der Waals surface area contributed by atoms with Crippen molar-refractivity contribution >= 4 is 23.0 Å². The maximum Gasteiger partial charge on any atom is 0.243 e. The smallest absolute Gasteiger partial charge is 0.243 e. The summed E-state index contributed by atoms with van der Waals surface area (Å²) >= 11 is 0. The van der Waals surface area contributed by atoms with Crippen molar-refractivity contribution in [1.29, 1.82) is 0 Å². The summed E-state index contributed by atoms with van der Waals surface area (Å²) < 4.78 is 5.25. The number of carbonyl (C=O) groups is 1. The Balaban J connectivity index is 2.09. The van der Waals surface area contributed by atoms with E-state index in [4.69, 9.17) is 10.5 Å². The fraction of sp³-hybridized carbons (Fsp3) is 0.278. The SMILES string of the molecule is CCN(CC(=O)Nc1ccc(N)cc1OC)c1cccc(C)c1. The lowest BCUT2D eigenvalue weighted by atomic mass is 10.2. The Morgan fingerprint density at radius 2 is 2.04 bits per heavy atom. The zero-order valence-electron chi connectivity index (χ0n) is 13.8. The van der Waals surface area contributed by atoms with E-state index in [-0.39, 0.29) is 12.5 Å². The highest BCUT2D eigenvalue weighted by molar-refractivity contribution is 5.95. The monoisotopic (exact) mass is 313 g/mol. The summed E-state index contributed by atoms with van der Waals surface area (Å²) in [6, 6.07) is 13.3. The van der Waals surface area contributed by atoms with E-state index in [1.807, 2.05) is 36.9 Å². The number of nitrogens with one attached hydrogen (secondary N) is 1. The molecule has 0 atom stereocenters. The quantitative estimate of drug-likeness (QED) is 0.804. The first kappa shape index (κ1) is 16.7. The van der Waals surface area contributed by atoms with Gasteiger partial charge in [0.05, 0.1) is 19.3 Å². The molecule has 0 spiro atoms. The first-order valence-corrected chi connectivity index (χ1v) is 7.58. The van der Waals surface area contributed by atoms with Gasteiger partial charge in [0.2, 0.25) is 5.91 Å². The molecule has 0 saturated heterocycles. The van der Waals surface area contributed by atoms with Gasteiger partial charge in [0, 0.05) is 24.0 Å². The van der Waals surface area contributed by atoms with Gasteiger partial charge in [0.1, 0.15) is 5.75 Å². The van der Waals surface area contributed by atoms with Crippen molar-refractivity contribution < 1.29 is 9.53 Å². The van der Waals surface area contributed by atoms with Gasteiger partial charge in [-0.2, -0.15) is 0 Å². The van der Waals surface area contributed by atoms with E-state index in [0.29, 0.717) is 17.1 Å². The molecule has 5 heteroatoms. The largest absolute Gasteiger partial charge is 0.494 e. The van der Waals surface area contributed by atoms with Gasteiger partial charge in [-0.15, -0.1) is 0 Å². The number of rotatable bonds is 6. The van der Waals surface area contributed by atoms with Gasteiger partial charge in [-0.05, 0) is 43.7 Å². The highest BCUT2D eigenvalue weighted by Gasteiger charge is 2.12. The molecule has 1 amide bonds. The summed E-state index contributed by atoms with van der Waals surface area (Å²) in [5.41, 5.74) is 9.14. The minimum Gasteiger partial charge on any atom is -0.494 e. The van der Waals surface area contributed by atoms with Gasteiger partial charge in [-0.1, -0.05) is 12.1 Å². The van der Waals surface area contributed by atoms with E-state index in [2.05, 4.69) is 11.4 Å². The molecule has 5 nitrogen and oxygen atoms in total. The molecule has 3 N–H and O–H groups in total. The van der Waals surface area contributed by atoms with Crippen molar-refractivity contribution in [3.63, 3.8) is 0 Å². The van der Waals surface area contributed by atoms with Gasteiger partial charge >= 0.3 is 0 Å². The molecule has 0 aromatic heterocycles. The molecule has 0 radical (unpaired) electrons. The van der Waals surface area contributed by atoms with E-state index in [1.165, 1.54) is 5.56 Å². The highest BCUT2D eigenvalue weighted by atomic mass is 16.5. The first-order chi connectivity index (χ1) is 11.0. The minimum absolute atomic E-state index is 0.101. The van der Waals surface area contributed by atoms with Crippen LogP contribution in [0.3, 0.4) is 0 Å². The number of ether oxygens (including phenoxy) is 1. The summed E-state index contributed by atoms with van der Waals surface area (Å²) in [6.45, 7) is 5.08. The van der Waals surface area contributed by atoms with Crippen molar-refractivity contribution in [2.75, 3.05) is 36.1 Å². The van der Waals surface area contributed by atoms with Crippen LogP contribution in [-0.2, 0) is 4.79 Å². The molecule has 2 rings (SSSR count). The lowest BCUT2D eigenvalue weighted by Crippen LogP contribution is -2.33. The third kappa shape index (κ3) is 4.39. The van der Waals surface area contributed by atoms with Gasteiger partial charge < -0.3 is 20.7 Å². The molecule has 0 aliphatic heterocycles. The van der Waals surface area contributed by atoms with Crippen LogP contribution in [0, 0.1) is 6.92 Å². The fourth-order valence-electron chi connectivity index (χ4n) is 2.38. The molecular formula is C18H23N3O2. The van der Waals surface area contributed by atoms with E-state index in [0.717, 1.165) is 12.2 Å². The number of aryl methyl sites for hydroxylation is 1. The number of nitrogen functional groups attached to an aromatic ring is 1. The average molecular weight is 313 g/mol. The van der Waals surface area contributed by atoms with E-state index in [9.17, 15) is 4.79 Å². The molecule has 2 aromatic carbocycles. The molecule has 0 aliphatic carbocycles. The van der Waals surface area contributed by atoms with Crippen LogP contribution in [0.1, 0.15) is 12.5 Å². The van der Waals surface area contributed by atoms with Crippen molar-refractivity contribution in [2.45, 2.75) is 13.8 Å². The van der Waals surface area contributed by atoms with Gasteiger partial charge in [0.15, 0.2) is 0 Å². The number of amides is 1. The van der Waals surface area contributed by atoms with Crippen LogP contribution < -0.4 is 20.7 Å². The Morgan fingerprint density at radius 3 is 2.70 bits per heavy atom. The molecule has 0 heterocycles. The molecule has 0 saturated carbocycles. The number of nitrogens with two attached hydrogens (primary N) is 1. The Bertz CT molecular complexity index is 686. The molecule has 0 aliphatic rings. The Morgan fingerprint density at radius 1 is 1.26 bits per heavy atom. The van der Waals surface area contributed by atoms with Gasteiger partial charge in [-0.3, -0.25) is 4.79 Å². The molecule has 0 unspecified atom stereocenters. The van der Waals surface area contributed by atoms with Crippen LogP contribution in [0.25, 0.3) is 0 Å². The van der Waals surface area contributed by atoms with E-state index < -0.39 is 0 Å². The van der Waals surface area contributed by atoms with Crippen LogP contribution in [0.2, 0.25) is 0 Å². The predicted octanol–water partition coefficient (Wildman–Crippen LogP) is 3.05. The summed E-state index contributed by atoms with van der Waals surface area (Å²) in [6.07, 6.45) is 0. The predicted molar refractivity (Wildman–Crippen MR) is 95.1 cm³/mol. The molecule has 0 bridgehead atoms. The summed E-state index contributed by atoms with van der Waals surface area (Å²) in [5, 5.41) is 2.88. The van der Waals surface area contributed by atoms with E-state index in [1.54, 1.807) is 25.3 Å². The van der Waals surface area contributed by atoms with Crippen molar-refractivity contribution in [3.8, 4) is 5.75 Å². The lowest BCUT2D eigenvalue weighted by molar-refractivity contribution is -0.115. The Kier molecular flexibility index (Phi) is 5.46. The second-order valence-corrected chi connectivity index (χ2v) is 5.36. The number of anilines is 3. The molecule has 23 heavy (non-hydrogen) atoms. The fourth-order valence-corrected chi connectivity index (χ4v) is 2.38. The van der Waals surface area contributed by atoms with Crippen LogP contribution in [0.5, 0.6) is 5.75 Å². The van der Waals surface area contributed by atoms with Gasteiger partial charge in [-0.25, -0.2) is 0 Å². The Labute approximate surface area is 137 Å². The summed E-state index contributed by atoms with van der Waals surface area (Å²) in [5.74, 6) is 0.452. The average Bonchev–Trinajstić information content (AvgIpc) is 2.54. The number of methoxy groups -OCH3 is 1. The molecule has 122 valence electrons. The topological polar surface area (TPSA) is 67.6 Å². The first-order valence-electron chi connectivity index (χ1n) is 7.58. The minimum atomic E-state index is -0.101. The van der Waals surface area contributed by atoms with E-state index >= 15 is 0 Å². The van der Waals surface area contributed by atoms with Crippen LogP contribution in [-0.4, -0.2) is 26.1 Å². The number of likely N-dealkylation sites (N-methyl/N-ethyl adjacent to an activating group) is 1. The highest BCUT2D eigenvalue weighted by Crippen LogP contribution is 2.26. The van der Waals surface area contributed by atoms with Gasteiger partial charge in [0.25, 0.3) is 0 Å². The summed E-state index contributed by atoms with van der Waals surface area (Å²) in [4.78, 5) is 14.4. The number of hydrogen-bond donors (Lipinski definition) is 2. The zero-order chi connectivity index (χ0) is 16.8. The molecule has 2 aromatic rings. The maximum absolute atomic E-state index is 12.4. The standard InChI is InChI=1S/C18H23N3O2/c1-4-21(15-7-5-6-13(2)10-15)12-18(22)20-16-9-8-14(19)11-17(16)23-3/h5-11H,4,12,19H2,1-3H3,(H,20,22). The number of hydrogen-bond acceptors (Lipinski definition) is 4. The number of benzene rings is 2. The molecule has 0 fully saturated rings. The van der Waals surface area contributed by atoms with Crippen molar-refractivity contribution in [1.82, 2.24) is 0 Å². The van der Waals surface area contributed by atoms with Crippen LogP contribution in [0.4, 0.5) is 17.1 Å². The second kappa shape index (κ2) is 7.54. The number of carbonyl (C=O) groups excluding carboxylic acids is 1.